The summed E-state index contributed by atoms with van der Waals surface area (Å²) in [5.41, 5.74) is 0.0508. The monoisotopic (exact) mass is 1040 g/mol. The number of nitrogens with one attached hydrogen (secondary N) is 1. The molecule has 3 atom stereocenters. The highest BCUT2D eigenvalue weighted by atomic mass is 17.2. The SMILES string of the molecule is CC(C)[C@H]1C(=O)N2C(C(=O)OC(=O)c3ccc([N+](=O)[O-])cc3)=C(COc3cccc4c(C[N+](C)(C)CCN=C(N=COOC(=O)c5ccc([N+](=O)[O-])cc5)NC(=O)OC(=O)c5ccc([N+](=O)[O-])cc5)cccc34)[C@H](C)[C@H]12. The number of non-ortho nitro benzene ring substituents is 3. The number of carbonyl (C=O) groups excluding carboxylic acids is 6. The van der Waals surface area contributed by atoms with Gasteiger partial charge in [0, 0.05) is 58.8 Å². The molecule has 0 aliphatic carbocycles. The Morgan fingerprint density at radius 2 is 1.25 bits per heavy atom. The van der Waals surface area contributed by atoms with Crippen molar-refractivity contribution in [2.75, 3.05) is 33.8 Å². The third-order valence-electron chi connectivity index (χ3n) is 12.5. The second-order valence-corrected chi connectivity index (χ2v) is 18.3. The molecule has 1 fully saturated rings. The molecule has 0 unspecified atom stereocenters. The predicted octanol–water partition coefficient (Wildman–Crippen LogP) is 7.03. The van der Waals surface area contributed by atoms with E-state index < -0.39 is 56.6 Å². The summed E-state index contributed by atoms with van der Waals surface area (Å²) in [5, 5.41) is 36.9. The number of esters is 3. The van der Waals surface area contributed by atoms with E-state index in [4.69, 9.17) is 19.1 Å². The molecule has 5 aromatic rings. The number of benzene rings is 5. The minimum absolute atomic E-state index is 0.00627. The van der Waals surface area contributed by atoms with Crippen molar-refractivity contribution in [2.24, 2.45) is 27.7 Å². The van der Waals surface area contributed by atoms with Crippen molar-refractivity contribution in [3.05, 3.63) is 173 Å². The number of quaternary nitrogens is 1. The summed E-state index contributed by atoms with van der Waals surface area (Å²) in [6.45, 7) is 6.28. The van der Waals surface area contributed by atoms with Crippen LogP contribution in [0.5, 0.6) is 5.75 Å². The second kappa shape index (κ2) is 23.0. The van der Waals surface area contributed by atoms with Gasteiger partial charge in [0.1, 0.15) is 24.6 Å². The summed E-state index contributed by atoms with van der Waals surface area (Å²) in [5.74, 6) is -5.39. The van der Waals surface area contributed by atoms with Gasteiger partial charge in [0.2, 0.25) is 18.3 Å². The summed E-state index contributed by atoms with van der Waals surface area (Å²) in [6, 6.07) is 24.0. The summed E-state index contributed by atoms with van der Waals surface area (Å²) in [4.78, 5) is 129. The Balaban J connectivity index is 1.05. The number of fused-ring (bicyclic) bond motifs is 2. The Hall–Kier alpha value is -9.78. The molecular weight excluding hydrogens is 997 g/mol. The molecule has 2 heterocycles. The third kappa shape index (κ3) is 12.3. The zero-order chi connectivity index (χ0) is 55.0. The lowest BCUT2D eigenvalue weighted by Crippen LogP contribution is -2.62. The number of carbonyl (C=O) groups is 6. The number of ether oxygens (including phenoxy) is 3. The fourth-order valence-electron chi connectivity index (χ4n) is 8.65. The maximum atomic E-state index is 13.8. The zero-order valence-electron chi connectivity index (χ0n) is 41.2. The van der Waals surface area contributed by atoms with Gasteiger partial charge in [-0.05, 0) is 53.8 Å². The summed E-state index contributed by atoms with van der Waals surface area (Å²) < 4.78 is 16.9. The quantitative estimate of drug-likeness (QED) is 0.0106. The van der Waals surface area contributed by atoms with E-state index in [0.717, 1.165) is 77.0 Å². The molecule has 2 aliphatic heterocycles. The van der Waals surface area contributed by atoms with Crippen LogP contribution in [0.4, 0.5) is 21.9 Å². The number of hydrogen-bond donors (Lipinski definition) is 1. The minimum atomic E-state index is -1.34. The molecule has 0 radical (unpaired) electrons. The lowest BCUT2D eigenvalue weighted by Gasteiger charge is -2.47. The molecule has 25 nitrogen and oxygen atoms in total. The van der Waals surface area contributed by atoms with Crippen LogP contribution >= 0.6 is 0 Å². The molecule has 0 bridgehead atoms. The normalized spacial score (nSPS) is 16.2. The number of guanidine groups is 1. The number of nitro groups is 3. The highest BCUT2D eigenvalue weighted by Gasteiger charge is 2.59. The Kier molecular flexibility index (Phi) is 16.3. The van der Waals surface area contributed by atoms with E-state index in [1.807, 2.05) is 59.1 Å². The van der Waals surface area contributed by atoms with Crippen LogP contribution in [0.3, 0.4) is 0 Å². The van der Waals surface area contributed by atoms with Crippen molar-refractivity contribution < 1.29 is 72.0 Å². The van der Waals surface area contributed by atoms with Crippen molar-refractivity contribution >= 4 is 76.1 Å². The van der Waals surface area contributed by atoms with E-state index in [-0.39, 0.29) is 76.4 Å². The van der Waals surface area contributed by atoms with E-state index in [1.54, 1.807) is 12.1 Å². The Bertz CT molecular complexity index is 3250. The van der Waals surface area contributed by atoms with Crippen molar-refractivity contribution in [2.45, 2.75) is 33.4 Å². The molecule has 1 N–H and O–H groups in total. The number of β-lactam (4-membered cyclic amide) rings is 1. The van der Waals surface area contributed by atoms with Gasteiger partial charge in [-0.15, -0.1) is 0 Å². The Morgan fingerprint density at radius 3 is 1.80 bits per heavy atom. The molecule has 1 saturated heterocycles. The van der Waals surface area contributed by atoms with Gasteiger partial charge in [-0.1, -0.05) is 51.1 Å². The van der Waals surface area contributed by atoms with Gasteiger partial charge in [-0.25, -0.2) is 33.9 Å². The van der Waals surface area contributed by atoms with Crippen LogP contribution in [0, 0.1) is 48.1 Å². The van der Waals surface area contributed by atoms with Crippen molar-refractivity contribution in [1.29, 1.82) is 0 Å². The van der Waals surface area contributed by atoms with Crippen LogP contribution in [-0.2, 0) is 35.4 Å². The highest BCUT2D eigenvalue weighted by molar-refractivity contribution is 6.07. The van der Waals surface area contributed by atoms with Gasteiger partial charge in [0.25, 0.3) is 17.1 Å². The Morgan fingerprint density at radius 1 is 0.724 bits per heavy atom. The van der Waals surface area contributed by atoms with E-state index in [1.165, 1.54) is 17.0 Å². The van der Waals surface area contributed by atoms with Crippen LogP contribution in [0.15, 0.2) is 130 Å². The van der Waals surface area contributed by atoms with Gasteiger partial charge in [0.05, 0.1) is 70.6 Å². The molecule has 7 rings (SSSR count). The fourth-order valence-corrected chi connectivity index (χ4v) is 8.65. The van der Waals surface area contributed by atoms with Gasteiger partial charge in [0.15, 0.2) is 0 Å². The molecule has 0 spiro atoms. The average Bonchev–Trinajstić information content (AvgIpc) is 3.63. The number of likely N-dealkylation sites (N-methyl/N-ethyl adjacent to an activating group) is 1. The molecule has 5 aromatic carbocycles. The third-order valence-corrected chi connectivity index (χ3v) is 12.5. The first-order chi connectivity index (χ1) is 36.1. The van der Waals surface area contributed by atoms with Gasteiger partial charge in [-0.2, -0.15) is 4.99 Å². The van der Waals surface area contributed by atoms with Gasteiger partial charge < -0.3 is 23.6 Å². The van der Waals surface area contributed by atoms with Crippen molar-refractivity contribution in [1.82, 2.24) is 10.2 Å². The van der Waals surface area contributed by atoms with Crippen molar-refractivity contribution in [3.63, 3.8) is 0 Å². The summed E-state index contributed by atoms with van der Waals surface area (Å²) in [7, 11) is 3.83. The minimum Gasteiger partial charge on any atom is -0.488 e. The van der Waals surface area contributed by atoms with E-state index in [9.17, 15) is 59.1 Å². The van der Waals surface area contributed by atoms with E-state index in [2.05, 4.69) is 20.2 Å². The van der Waals surface area contributed by atoms with Crippen LogP contribution in [0.1, 0.15) is 57.4 Å². The number of nitro benzene ring substituents is 3. The molecule has 2 aliphatic rings. The first kappa shape index (κ1) is 54.0. The van der Waals surface area contributed by atoms with Crippen molar-refractivity contribution in [3.8, 4) is 5.75 Å². The number of nitrogens with zero attached hydrogens (tertiary/aromatic N) is 7. The van der Waals surface area contributed by atoms with E-state index >= 15 is 0 Å². The molecule has 2 amide bonds. The maximum absolute atomic E-state index is 13.8. The van der Waals surface area contributed by atoms with Crippen LogP contribution < -0.4 is 10.1 Å². The summed E-state index contributed by atoms with van der Waals surface area (Å²) >= 11 is 0. The maximum Gasteiger partial charge on any atom is 0.422 e. The molecule has 0 saturated carbocycles. The lowest BCUT2D eigenvalue weighted by atomic mass is 9.74. The molecule has 392 valence electrons. The van der Waals surface area contributed by atoms with Crippen LogP contribution in [0.2, 0.25) is 0 Å². The number of alkyl carbamates (subject to hydrolysis) is 1. The Labute approximate surface area is 430 Å². The van der Waals surface area contributed by atoms with Gasteiger partial charge >= 0.3 is 30.0 Å². The van der Waals surface area contributed by atoms with E-state index in [0.29, 0.717) is 35.3 Å². The number of amides is 2. The molecule has 0 aromatic heterocycles. The smallest absolute Gasteiger partial charge is 0.422 e. The number of hydrogen-bond acceptors (Lipinski definition) is 18. The fraction of sp³-hybridized carbons (Fsp3) is 0.255. The van der Waals surface area contributed by atoms with Crippen LogP contribution in [0.25, 0.3) is 10.8 Å². The average molecular weight is 1040 g/mol. The first-order valence-corrected chi connectivity index (χ1v) is 23.1. The lowest BCUT2D eigenvalue weighted by molar-refractivity contribution is -0.902. The molecule has 76 heavy (non-hydrogen) atoms. The van der Waals surface area contributed by atoms with Crippen LogP contribution in [-0.4, -0.2) is 112 Å². The number of aliphatic imine (C=N–C) groups is 2. The standard InChI is InChI=1S/C51H46N8O17/c1-29(2)42-43-30(3)40(44(55(43)45(42)60)49(64)74-46(61)31-12-18-35(19-13-31)56(66)67)27-72-41-11-7-9-38-34(8-6-10-39(38)41)26-59(4,5)25-24-52-50(53-28-73-76-48(63)33-16-22-37(23-17-33)58(70)71)54-51(65)75-47(62)32-14-20-36(21-15-32)57(68)69/h6-23,28-30,42-43H,24-27H2,1-5H3/p+1/t30-,42+,43+/m0/s1. The number of rotatable bonds is 18. The first-order valence-electron chi connectivity index (χ1n) is 23.1. The zero-order valence-corrected chi connectivity index (χ0v) is 41.2. The predicted molar refractivity (Wildman–Crippen MR) is 266 cm³/mol. The second-order valence-electron chi connectivity index (χ2n) is 18.3. The largest absolute Gasteiger partial charge is 0.488 e. The molecular formula is C51H47N8O17+. The highest BCUT2D eigenvalue weighted by Crippen LogP contribution is 2.49. The topological polar surface area (TPSA) is 318 Å². The molecule has 25 heteroatoms. The summed E-state index contributed by atoms with van der Waals surface area (Å²) in [6.07, 6.45) is -0.727. The van der Waals surface area contributed by atoms with Gasteiger partial charge in [-0.3, -0.25) is 45.3 Å².